The van der Waals surface area contributed by atoms with Gasteiger partial charge in [0.2, 0.25) is 0 Å². The van der Waals surface area contributed by atoms with E-state index in [2.05, 4.69) is 4.98 Å². The molecule has 3 aromatic rings. The van der Waals surface area contributed by atoms with Gasteiger partial charge in [-0.3, -0.25) is 4.79 Å². The minimum absolute atomic E-state index is 0.00200. The van der Waals surface area contributed by atoms with Gasteiger partial charge in [-0.25, -0.2) is 4.98 Å². The predicted molar refractivity (Wildman–Crippen MR) is 99.0 cm³/mol. The highest BCUT2D eigenvalue weighted by molar-refractivity contribution is 6.02. The Morgan fingerprint density at radius 1 is 1.12 bits per heavy atom. The number of benzene rings is 1. The van der Waals surface area contributed by atoms with Gasteiger partial charge in [-0.2, -0.15) is 0 Å². The van der Waals surface area contributed by atoms with Gasteiger partial charge >= 0.3 is 0 Å². The Morgan fingerprint density at radius 3 is 2.54 bits per heavy atom. The lowest BCUT2D eigenvalue weighted by Gasteiger charge is -2.26. The van der Waals surface area contributed by atoms with Crippen molar-refractivity contribution in [2.24, 2.45) is 0 Å². The molecule has 1 fully saturated rings. The van der Waals surface area contributed by atoms with Crippen molar-refractivity contribution in [3.8, 4) is 17.2 Å². The molecule has 4 rings (SSSR count). The van der Waals surface area contributed by atoms with Gasteiger partial charge in [0.1, 0.15) is 22.7 Å². The van der Waals surface area contributed by atoms with Gasteiger partial charge in [0.15, 0.2) is 0 Å². The minimum Gasteiger partial charge on any atom is -0.506 e. The van der Waals surface area contributed by atoms with E-state index in [1.807, 2.05) is 35.0 Å². The third-order valence-corrected chi connectivity index (χ3v) is 4.91. The lowest BCUT2D eigenvalue weighted by atomic mass is 10.1. The SMILES string of the molecule is COc1ccc(-n2ccc3c(O)c(C(=O)N4CCCCC4)cnc32)cc1. The maximum absolute atomic E-state index is 12.7. The maximum atomic E-state index is 12.7. The van der Waals surface area contributed by atoms with Crippen LogP contribution in [0.1, 0.15) is 29.6 Å². The Kier molecular flexibility index (Phi) is 4.24. The van der Waals surface area contributed by atoms with Gasteiger partial charge in [-0.1, -0.05) is 0 Å². The summed E-state index contributed by atoms with van der Waals surface area (Å²) in [5.41, 5.74) is 1.79. The molecule has 1 N–H and O–H groups in total. The molecular formula is C20H21N3O3. The largest absolute Gasteiger partial charge is 0.506 e. The zero-order chi connectivity index (χ0) is 18.1. The van der Waals surface area contributed by atoms with E-state index in [1.165, 1.54) is 6.20 Å². The van der Waals surface area contributed by atoms with Crippen LogP contribution in [0.15, 0.2) is 42.7 Å². The molecule has 6 heteroatoms. The number of hydrogen-bond acceptors (Lipinski definition) is 4. The van der Waals surface area contributed by atoms with Gasteiger partial charge in [0, 0.05) is 31.2 Å². The van der Waals surface area contributed by atoms with E-state index in [4.69, 9.17) is 4.74 Å². The standard InChI is InChI=1S/C20H21N3O3/c1-26-15-7-5-14(6-8-15)23-12-9-16-18(24)17(13-21-19(16)23)20(25)22-10-3-2-4-11-22/h5-9,12-13H,2-4,10-11H2,1H3,(H,21,24). The van der Waals surface area contributed by atoms with Crippen LogP contribution in [0.4, 0.5) is 0 Å². The van der Waals surface area contributed by atoms with Crippen molar-refractivity contribution in [3.63, 3.8) is 0 Å². The molecule has 134 valence electrons. The number of aromatic nitrogens is 2. The number of carbonyl (C=O) groups excluding carboxylic acids is 1. The molecule has 0 spiro atoms. The number of nitrogens with zero attached hydrogens (tertiary/aromatic N) is 3. The van der Waals surface area contributed by atoms with Crippen LogP contribution in [0.2, 0.25) is 0 Å². The number of pyridine rings is 1. The Labute approximate surface area is 151 Å². The van der Waals surface area contributed by atoms with Gasteiger partial charge < -0.3 is 19.3 Å². The van der Waals surface area contributed by atoms with Gasteiger partial charge in [-0.05, 0) is 49.6 Å². The van der Waals surface area contributed by atoms with Crippen LogP contribution in [0, 0.1) is 0 Å². The smallest absolute Gasteiger partial charge is 0.259 e. The van der Waals surface area contributed by atoms with E-state index >= 15 is 0 Å². The van der Waals surface area contributed by atoms with Crippen LogP contribution in [-0.2, 0) is 0 Å². The van der Waals surface area contributed by atoms with E-state index in [0.29, 0.717) is 11.0 Å². The molecule has 0 atom stereocenters. The molecule has 0 bridgehead atoms. The van der Waals surface area contributed by atoms with E-state index in [0.717, 1.165) is 43.8 Å². The number of aromatic hydroxyl groups is 1. The van der Waals surface area contributed by atoms with Crippen LogP contribution >= 0.6 is 0 Å². The molecule has 0 radical (unpaired) electrons. The lowest BCUT2D eigenvalue weighted by Crippen LogP contribution is -2.35. The van der Waals surface area contributed by atoms with E-state index in [1.54, 1.807) is 18.1 Å². The number of ether oxygens (including phenoxy) is 1. The van der Waals surface area contributed by atoms with Gasteiger partial charge in [0.05, 0.1) is 12.5 Å². The minimum atomic E-state index is -0.145. The number of amides is 1. The van der Waals surface area contributed by atoms with E-state index in [-0.39, 0.29) is 17.2 Å². The summed E-state index contributed by atoms with van der Waals surface area (Å²) in [6.07, 6.45) is 6.49. The zero-order valence-corrected chi connectivity index (χ0v) is 14.7. The summed E-state index contributed by atoms with van der Waals surface area (Å²) in [6, 6.07) is 9.37. The molecule has 1 saturated heterocycles. The first kappa shape index (κ1) is 16.4. The average Bonchev–Trinajstić information content (AvgIpc) is 3.13. The Morgan fingerprint density at radius 2 is 1.85 bits per heavy atom. The van der Waals surface area contributed by atoms with E-state index < -0.39 is 0 Å². The summed E-state index contributed by atoms with van der Waals surface area (Å²) >= 11 is 0. The predicted octanol–water partition coefficient (Wildman–Crippen LogP) is 3.37. The highest BCUT2D eigenvalue weighted by Crippen LogP contribution is 2.31. The van der Waals surface area contributed by atoms with Crippen LogP contribution in [-0.4, -0.2) is 45.7 Å². The molecular weight excluding hydrogens is 330 g/mol. The first-order chi connectivity index (χ1) is 12.7. The fraction of sp³-hybridized carbons (Fsp3) is 0.300. The number of likely N-dealkylation sites (tertiary alicyclic amines) is 1. The average molecular weight is 351 g/mol. The number of carbonyl (C=O) groups is 1. The Bertz CT molecular complexity index is 941. The van der Waals surface area contributed by atoms with Crippen LogP contribution in [0.25, 0.3) is 16.7 Å². The van der Waals surface area contributed by atoms with Crippen LogP contribution in [0.5, 0.6) is 11.5 Å². The molecule has 1 amide bonds. The molecule has 3 heterocycles. The number of rotatable bonds is 3. The summed E-state index contributed by atoms with van der Waals surface area (Å²) < 4.78 is 7.06. The van der Waals surface area contributed by atoms with Crippen LogP contribution < -0.4 is 4.74 Å². The van der Waals surface area contributed by atoms with Crippen molar-refractivity contribution >= 4 is 16.9 Å². The topological polar surface area (TPSA) is 67.6 Å². The quantitative estimate of drug-likeness (QED) is 0.786. The summed E-state index contributed by atoms with van der Waals surface area (Å²) in [6.45, 7) is 1.48. The third kappa shape index (κ3) is 2.77. The Balaban J connectivity index is 1.71. The van der Waals surface area contributed by atoms with Crippen molar-refractivity contribution < 1.29 is 14.6 Å². The third-order valence-electron chi connectivity index (χ3n) is 4.91. The second-order valence-electron chi connectivity index (χ2n) is 6.49. The van der Waals surface area contributed by atoms with Crippen molar-refractivity contribution in [2.75, 3.05) is 20.2 Å². The van der Waals surface area contributed by atoms with Crippen molar-refractivity contribution in [1.29, 1.82) is 0 Å². The fourth-order valence-corrected chi connectivity index (χ4v) is 3.45. The molecule has 0 saturated carbocycles. The number of methoxy groups -OCH3 is 1. The highest BCUT2D eigenvalue weighted by atomic mass is 16.5. The molecule has 2 aromatic heterocycles. The number of piperidine rings is 1. The second-order valence-corrected chi connectivity index (χ2v) is 6.49. The summed E-state index contributed by atoms with van der Waals surface area (Å²) in [5, 5.41) is 11.2. The van der Waals surface area contributed by atoms with Gasteiger partial charge in [0.25, 0.3) is 5.91 Å². The lowest BCUT2D eigenvalue weighted by molar-refractivity contribution is 0.0721. The first-order valence-corrected chi connectivity index (χ1v) is 8.82. The summed E-state index contributed by atoms with van der Waals surface area (Å²) in [5.74, 6) is 0.627. The second kappa shape index (κ2) is 6.71. The zero-order valence-electron chi connectivity index (χ0n) is 14.7. The number of hydrogen-bond donors (Lipinski definition) is 1. The molecule has 1 aliphatic rings. The summed E-state index contributed by atoms with van der Waals surface area (Å²) in [4.78, 5) is 19.0. The van der Waals surface area contributed by atoms with Crippen molar-refractivity contribution in [3.05, 3.63) is 48.3 Å². The monoisotopic (exact) mass is 351 g/mol. The molecule has 0 aliphatic carbocycles. The van der Waals surface area contributed by atoms with Crippen LogP contribution in [0.3, 0.4) is 0 Å². The fourth-order valence-electron chi connectivity index (χ4n) is 3.45. The molecule has 6 nitrogen and oxygen atoms in total. The normalized spacial score (nSPS) is 14.6. The number of fused-ring (bicyclic) bond motifs is 1. The highest BCUT2D eigenvalue weighted by Gasteiger charge is 2.23. The van der Waals surface area contributed by atoms with Crippen molar-refractivity contribution in [1.82, 2.24) is 14.5 Å². The maximum Gasteiger partial charge on any atom is 0.259 e. The van der Waals surface area contributed by atoms with Crippen molar-refractivity contribution in [2.45, 2.75) is 19.3 Å². The van der Waals surface area contributed by atoms with Gasteiger partial charge in [-0.15, -0.1) is 0 Å². The summed E-state index contributed by atoms with van der Waals surface area (Å²) in [7, 11) is 1.63. The van der Waals surface area contributed by atoms with E-state index in [9.17, 15) is 9.90 Å². The molecule has 0 unspecified atom stereocenters. The molecule has 26 heavy (non-hydrogen) atoms. The molecule has 1 aliphatic heterocycles. The molecule has 1 aromatic carbocycles. The Hall–Kier alpha value is -3.02. The first-order valence-electron chi connectivity index (χ1n) is 8.82.